The number of carboxylic acids is 1. The fourth-order valence-corrected chi connectivity index (χ4v) is 1.70. The molecule has 2 rings (SSSR count). The number of aromatic nitrogens is 2. The molecule has 1 aliphatic carbocycles. The number of nitrogens with zero attached hydrogens (tertiary/aromatic N) is 3. The minimum absolute atomic E-state index is 0.00419. The van der Waals surface area contributed by atoms with Crippen molar-refractivity contribution in [3.63, 3.8) is 0 Å². The van der Waals surface area contributed by atoms with E-state index in [2.05, 4.69) is 5.10 Å². The van der Waals surface area contributed by atoms with E-state index in [1.807, 2.05) is 0 Å². The zero-order valence-corrected chi connectivity index (χ0v) is 9.20. The molecular weight excluding hydrogens is 226 g/mol. The molecule has 0 radical (unpaired) electrons. The van der Waals surface area contributed by atoms with Crippen molar-refractivity contribution >= 4 is 11.8 Å². The molecule has 0 aromatic carbocycles. The Balaban J connectivity index is 2.07. The highest BCUT2D eigenvalue weighted by Crippen LogP contribution is 2.40. The summed E-state index contributed by atoms with van der Waals surface area (Å²) >= 11 is 0. The van der Waals surface area contributed by atoms with Gasteiger partial charge in [0.1, 0.15) is 6.54 Å². The average molecular weight is 239 g/mol. The van der Waals surface area contributed by atoms with Gasteiger partial charge in [-0.2, -0.15) is 0 Å². The molecule has 92 valence electrons. The number of carbonyl (C=O) groups is 1. The number of hydrogen-bond donors (Lipinski definition) is 1. The Kier molecular flexibility index (Phi) is 3.08. The van der Waals surface area contributed by atoms with Crippen LogP contribution >= 0.6 is 0 Å². The predicted molar refractivity (Wildman–Crippen MR) is 57.7 cm³/mol. The summed E-state index contributed by atoms with van der Waals surface area (Å²) in [6.45, 7) is 0.273. The van der Waals surface area contributed by atoms with Gasteiger partial charge in [0.25, 0.3) is 0 Å². The fourth-order valence-electron chi connectivity index (χ4n) is 1.70. The van der Waals surface area contributed by atoms with E-state index in [1.54, 1.807) is 0 Å². The second-order valence-electron chi connectivity index (χ2n) is 4.18. The van der Waals surface area contributed by atoms with E-state index in [-0.39, 0.29) is 18.8 Å². The van der Waals surface area contributed by atoms with Gasteiger partial charge in [-0.05, 0) is 24.2 Å². The van der Waals surface area contributed by atoms with Crippen molar-refractivity contribution in [3.8, 4) is 0 Å². The highest BCUT2D eigenvalue weighted by Gasteiger charge is 2.30. The number of nitro groups is 1. The molecule has 0 unspecified atom stereocenters. The third-order valence-corrected chi connectivity index (χ3v) is 2.72. The topological polar surface area (TPSA) is 98.3 Å². The van der Waals surface area contributed by atoms with E-state index in [9.17, 15) is 14.9 Å². The van der Waals surface area contributed by atoms with Crippen LogP contribution in [0.5, 0.6) is 0 Å². The van der Waals surface area contributed by atoms with Crippen LogP contribution in [-0.4, -0.2) is 25.8 Å². The summed E-state index contributed by atoms with van der Waals surface area (Å²) in [5, 5.41) is 23.5. The lowest BCUT2D eigenvalue weighted by molar-refractivity contribution is -0.392. The standard InChI is InChI=1S/C10H13N3O4/c14-10(15)2-1-5-12-9(13(16)17)6-8(11-12)7-3-4-7/h6-7H,1-5H2,(H,14,15). The van der Waals surface area contributed by atoms with Crippen LogP contribution in [0.3, 0.4) is 0 Å². The van der Waals surface area contributed by atoms with Gasteiger partial charge < -0.3 is 15.2 Å². The van der Waals surface area contributed by atoms with Crippen LogP contribution < -0.4 is 0 Å². The second kappa shape index (κ2) is 4.52. The Hall–Kier alpha value is -1.92. The van der Waals surface area contributed by atoms with Crippen molar-refractivity contribution in [2.24, 2.45) is 0 Å². The molecule has 0 amide bonds. The third-order valence-electron chi connectivity index (χ3n) is 2.72. The van der Waals surface area contributed by atoms with E-state index < -0.39 is 10.9 Å². The minimum Gasteiger partial charge on any atom is -0.481 e. The van der Waals surface area contributed by atoms with Crippen molar-refractivity contribution < 1.29 is 14.8 Å². The molecule has 1 aromatic rings. The molecule has 1 N–H and O–H groups in total. The number of aryl methyl sites for hydroxylation is 1. The SMILES string of the molecule is O=C(O)CCCn1nc(C2CC2)cc1[N+](=O)[O-]. The number of hydrogen-bond acceptors (Lipinski definition) is 4. The predicted octanol–water partition coefficient (Wildman–Crippen LogP) is 1.53. The van der Waals surface area contributed by atoms with Gasteiger partial charge >= 0.3 is 11.8 Å². The lowest BCUT2D eigenvalue weighted by atomic mass is 10.3. The van der Waals surface area contributed by atoms with Gasteiger partial charge in [-0.3, -0.25) is 4.79 Å². The maximum absolute atomic E-state index is 10.8. The average Bonchev–Trinajstić information content (AvgIpc) is 2.99. The largest absolute Gasteiger partial charge is 0.481 e. The Morgan fingerprint density at radius 3 is 2.88 bits per heavy atom. The zero-order chi connectivity index (χ0) is 12.4. The normalized spacial score (nSPS) is 14.8. The van der Waals surface area contributed by atoms with Gasteiger partial charge in [0, 0.05) is 12.3 Å². The van der Waals surface area contributed by atoms with E-state index in [0.29, 0.717) is 12.3 Å². The lowest BCUT2D eigenvalue weighted by Crippen LogP contribution is -2.07. The highest BCUT2D eigenvalue weighted by atomic mass is 16.6. The molecule has 0 spiro atoms. The molecule has 7 heteroatoms. The van der Waals surface area contributed by atoms with Crippen molar-refractivity contribution in [1.82, 2.24) is 9.78 Å². The van der Waals surface area contributed by atoms with Crippen LogP contribution in [0, 0.1) is 10.1 Å². The molecule has 0 bridgehead atoms. The van der Waals surface area contributed by atoms with Gasteiger partial charge in [-0.25, -0.2) is 0 Å². The number of rotatable bonds is 6. The Labute approximate surface area is 97.2 Å². The van der Waals surface area contributed by atoms with Gasteiger partial charge in [0.15, 0.2) is 0 Å². The van der Waals surface area contributed by atoms with Gasteiger partial charge in [0.05, 0.1) is 11.8 Å². The molecule has 1 fully saturated rings. The first kappa shape index (κ1) is 11.6. The summed E-state index contributed by atoms with van der Waals surface area (Å²) in [5.41, 5.74) is 0.757. The maximum atomic E-state index is 10.8. The minimum atomic E-state index is -0.901. The molecule has 1 aliphatic rings. The highest BCUT2D eigenvalue weighted by molar-refractivity contribution is 5.66. The van der Waals surface area contributed by atoms with Crippen LogP contribution in [0.25, 0.3) is 0 Å². The molecule has 1 aromatic heterocycles. The van der Waals surface area contributed by atoms with E-state index in [1.165, 1.54) is 10.7 Å². The number of aliphatic carboxylic acids is 1. The Morgan fingerprint density at radius 1 is 1.65 bits per heavy atom. The van der Waals surface area contributed by atoms with Gasteiger partial charge in [-0.1, -0.05) is 5.10 Å². The van der Waals surface area contributed by atoms with E-state index in [0.717, 1.165) is 18.5 Å². The third kappa shape index (κ3) is 2.80. The van der Waals surface area contributed by atoms with Crippen LogP contribution in [0.4, 0.5) is 5.82 Å². The van der Waals surface area contributed by atoms with Crippen LogP contribution in [0.15, 0.2) is 6.07 Å². The Bertz CT molecular complexity index is 450. The van der Waals surface area contributed by atoms with E-state index in [4.69, 9.17) is 5.11 Å². The molecule has 0 aliphatic heterocycles. The fraction of sp³-hybridized carbons (Fsp3) is 0.600. The molecule has 1 saturated carbocycles. The van der Waals surface area contributed by atoms with Crippen molar-refractivity contribution in [1.29, 1.82) is 0 Å². The summed E-state index contributed by atoms with van der Waals surface area (Å²) in [4.78, 5) is 20.7. The molecular formula is C10H13N3O4. The zero-order valence-electron chi connectivity index (χ0n) is 9.20. The monoisotopic (exact) mass is 239 g/mol. The lowest BCUT2D eigenvalue weighted by Gasteiger charge is -1.97. The van der Waals surface area contributed by atoms with Crippen molar-refractivity contribution in [2.75, 3.05) is 0 Å². The van der Waals surface area contributed by atoms with E-state index >= 15 is 0 Å². The van der Waals surface area contributed by atoms with Crippen molar-refractivity contribution in [3.05, 3.63) is 21.9 Å². The van der Waals surface area contributed by atoms with Gasteiger partial charge in [-0.15, -0.1) is 4.68 Å². The maximum Gasteiger partial charge on any atom is 0.345 e. The summed E-state index contributed by atoms with van der Waals surface area (Å²) in [6, 6.07) is 1.50. The molecule has 1 heterocycles. The first-order valence-corrected chi connectivity index (χ1v) is 5.52. The quantitative estimate of drug-likeness (QED) is 0.599. The second-order valence-corrected chi connectivity index (χ2v) is 4.18. The van der Waals surface area contributed by atoms with Crippen molar-refractivity contribution in [2.45, 2.75) is 38.1 Å². The first-order valence-electron chi connectivity index (χ1n) is 5.52. The summed E-state index contributed by atoms with van der Waals surface area (Å²) in [6.07, 6.45) is 2.41. The van der Waals surface area contributed by atoms with Crippen LogP contribution in [-0.2, 0) is 11.3 Å². The van der Waals surface area contributed by atoms with Crippen LogP contribution in [0.2, 0.25) is 0 Å². The molecule has 17 heavy (non-hydrogen) atoms. The molecule has 7 nitrogen and oxygen atoms in total. The Morgan fingerprint density at radius 2 is 2.35 bits per heavy atom. The summed E-state index contributed by atoms with van der Waals surface area (Å²) < 4.78 is 1.30. The summed E-state index contributed by atoms with van der Waals surface area (Å²) in [5.74, 6) is -0.589. The summed E-state index contributed by atoms with van der Waals surface area (Å²) in [7, 11) is 0. The molecule has 0 atom stereocenters. The first-order chi connectivity index (χ1) is 8.08. The smallest absolute Gasteiger partial charge is 0.345 e. The van der Waals surface area contributed by atoms with Gasteiger partial charge in [0.2, 0.25) is 0 Å². The molecule has 0 saturated heterocycles. The number of carboxylic acid groups (broad SMARTS) is 1. The van der Waals surface area contributed by atoms with Crippen LogP contribution in [0.1, 0.15) is 37.3 Å².